The minimum absolute atomic E-state index is 0.190. The molecule has 21 heavy (non-hydrogen) atoms. The number of amides is 1. The van der Waals surface area contributed by atoms with Gasteiger partial charge in [0.25, 0.3) is 5.91 Å². The number of hydrogen-bond acceptors (Lipinski definition) is 3. The first-order valence-corrected chi connectivity index (χ1v) is 8.15. The lowest BCUT2D eigenvalue weighted by molar-refractivity contribution is 0.102. The zero-order valence-corrected chi connectivity index (χ0v) is 14.7. The fraction of sp³-hybridized carbons (Fsp3) is 0.200. The molecule has 0 aliphatic rings. The molecule has 2 aromatic rings. The second kappa shape index (κ2) is 7.56. The maximum atomic E-state index is 12.4. The van der Waals surface area contributed by atoms with E-state index in [4.69, 9.17) is 0 Å². The molecule has 0 fully saturated rings. The number of carbonyl (C=O) groups excluding carboxylic acids is 1. The van der Waals surface area contributed by atoms with E-state index in [9.17, 15) is 4.79 Å². The maximum Gasteiger partial charge on any atom is 0.259 e. The topological polar surface area (TPSA) is 54.0 Å². The molecule has 1 aromatic carbocycles. The van der Waals surface area contributed by atoms with Gasteiger partial charge in [0.05, 0.1) is 11.3 Å². The van der Waals surface area contributed by atoms with Crippen LogP contribution in [0.5, 0.6) is 0 Å². The predicted molar refractivity (Wildman–Crippen MR) is 92.8 cm³/mol. The van der Waals surface area contributed by atoms with Crippen molar-refractivity contribution < 1.29 is 4.79 Å². The van der Waals surface area contributed by atoms with Crippen molar-refractivity contribution in [2.45, 2.75) is 13.3 Å². The van der Waals surface area contributed by atoms with Crippen molar-refractivity contribution in [2.24, 2.45) is 0 Å². The summed E-state index contributed by atoms with van der Waals surface area (Å²) < 4.78 is 1.76. The van der Waals surface area contributed by atoms with E-state index < -0.39 is 0 Å². The number of hydrogen-bond donors (Lipinski definition) is 2. The highest BCUT2D eigenvalue weighted by molar-refractivity contribution is 9.11. The first kappa shape index (κ1) is 16.0. The normalized spacial score (nSPS) is 10.2. The Bertz CT molecular complexity index is 647. The Balaban J connectivity index is 2.20. The molecule has 2 rings (SSSR count). The van der Waals surface area contributed by atoms with Gasteiger partial charge in [-0.3, -0.25) is 4.79 Å². The average molecular weight is 413 g/mol. The number of rotatable bonds is 5. The number of carbonyl (C=O) groups is 1. The maximum absolute atomic E-state index is 12.4. The van der Waals surface area contributed by atoms with Crippen LogP contribution in [0.3, 0.4) is 0 Å². The Hall–Kier alpha value is -1.40. The van der Waals surface area contributed by atoms with Crippen molar-refractivity contribution in [1.29, 1.82) is 0 Å². The lowest BCUT2D eigenvalue weighted by Crippen LogP contribution is -2.16. The molecular weight excluding hydrogens is 398 g/mol. The van der Waals surface area contributed by atoms with E-state index in [1.165, 1.54) is 0 Å². The van der Waals surface area contributed by atoms with Crippen molar-refractivity contribution in [3.8, 4) is 0 Å². The van der Waals surface area contributed by atoms with Gasteiger partial charge in [-0.05, 0) is 52.7 Å². The standard InChI is InChI=1S/C15H15Br2N3O/c1-2-7-18-14-11(4-3-8-19-14)15(21)20-13-6-5-10(16)9-12(13)17/h3-6,8-9H,2,7H2,1H3,(H,18,19)(H,20,21). The van der Waals surface area contributed by atoms with E-state index in [2.05, 4.69) is 54.4 Å². The summed E-state index contributed by atoms with van der Waals surface area (Å²) in [6.07, 6.45) is 2.64. The number of aromatic nitrogens is 1. The molecule has 110 valence electrons. The molecule has 0 unspecified atom stereocenters. The molecule has 1 amide bonds. The van der Waals surface area contributed by atoms with Gasteiger partial charge in [0.2, 0.25) is 0 Å². The summed E-state index contributed by atoms with van der Waals surface area (Å²) in [6, 6.07) is 9.10. The van der Waals surface area contributed by atoms with E-state index in [0.717, 1.165) is 21.9 Å². The molecule has 6 heteroatoms. The molecule has 0 saturated heterocycles. The number of halogens is 2. The van der Waals surface area contributed by atoms with Gasteiger partial charge in [0.1, 0.15) is 5.82 Å². The third-order valence-corrected chi connectivity index (χ3v) is 3.92. The van der Waals surface area contributed by atoms with E-state index in [-0.39, 0.29) is 5.91 Å². The van der Waals surface area contributed by atoms with Crippen LogP contribution in [0.4, 0.5) is 11.5 Å². The largest absolute Gasteiger partial charge is 0.369 e. The number of nitrogens with zero attached hydrogens (tertiary/aromatic N) is 1. The smallest absolute Gasteiger partial charge is 0.259 e. The number of pyridine rings is 1. The first-order chi connectivity index (χ1) is 10.1. The van der Waals surface area contributed by atoms with Gasteiger partial charge in [-0.15, -0.1) is 0 Å². The van der Waals surface area contributed by atoms with Crippen molar-refractivity contribution >= 4 is 49.3 Å². The molecule has 0 aliphatic heterocycles. The molecule has 2 N–H and O–H groups in total. The highest BCUT2D eigenvalue weighted by atomic mass is 79.9. The van der Waals surface area contributed by atoms with Gasteiger partial charge in [-0.2, -0.15) is 0 Å². The van der Waals surface area contributed by atoms with Crippen molar-refractivity contribution in [3.63, 3.8) is 0 Å². The molecular formula is C15H15Br2N3O. The van der Waals surface area contributed by atoms with Gasteiger partial charge in [-0.25, -0.2) is 4.98 Å². The average Bonchev–Trinajstić information content (AvgIpc) is 2.48. The summed E-state index contributed by atoms with van der Waals surface area (Å²) in [6.45, 7) is 2.84. The fourth-order valence-electron chi connectivity index (χ4n) is 1.75. The monoisotopic (exact) mass is 411 g/mol. The van der Waals surface area contributed by atoms with Crippen LogP contribution in [0.1, 0.15) is 23.7 Å². The minimum atomic E-state index is -0.190. The van der Waals surface area contributed by atoms with E-state index >= 15 is 0 Å². The summed E-state index contributed by atoms with van der Waals surface area (Å²) in [4.78, 5) is 16.6. The van der Waals surface area contributed by atoms with Gasteiger partial charge >= 0.3 is 0 Å². The van der Waals surface area contributed by atoms with Gasteiger partial charge in [-0.1, -0.05) is 22.9 Å². The quantitative estimate of drug-likeness (QED) is 0.749. The fourth-order valence-corrected chi connectivity index (χ4v) is 2.90. The number of benzene rings is 1. The molecule has 0 atom stereocenters. The molecule has 0 spiro atoms. The van der Waals surface area contributed by atoms with Gasteiger partial charge in [0.15, 0.2) is 0 Å². The summed E-state index contributed by atoms with van der Waals surface area (Å²) in [5.74, 6) is 0.412. The molecule has 0 saturated carbocycles. The van der Waals surface area contributed by atoms with Crippen LogP contribution >= 0.6 is 31.9 Å². The molecule has 1 aromatic heterocycles. The number of nitrogens with one attached hydrogen (secondary N) is 2. The lowest BCUT2D eigenvalue weighted by Gasteiger charge is -2.11. The summed E-state index contributed by atoms with van der Waals surface area (Å²) in [5.41, 5.74) is 1.24. The Morgan fingerprint density at radius 3 is 2.81 bits per heavy atom. The van der Waals surface area contributed by atoms with Crippen LogP contribution in [-0.2, 0) is 0 Å². The molecule has 4 nitrogen and oxygen atoms in total. The highest BCUT2D eigenvalue weighted by Crippen LogP contribution is 2.27. The van der Waals surface area contributed by atoms with E-state index in [1.54, 1.807) is 18.3 Å². The summed E-state index contributed by atoms with van der Waals surface area (Å²) in [5, 5.41) is 6.05. The Morgan fingerprint density at radius 2 is 2.10 bits per heavy atom. The Morgan fingerprint density at radius 1 is 1.29 bits per heavy atom. The zero-order valence-electron chi connectivity index (χ0n) is 11.5. The van der Waals surface area contributed by atoms with Crippen molar-refractivity contribution in [2.75, 3.05) is 17.2 Å². The molecule has 0 bridgehead atoms. The van der Waals surface area contributed by atoms with Crippen LogP contribution in [0.2, 0.25) is 0 Å². The van der Waals surface area contributed by atoms with Crippen molar-refractivity contribution in [1.82, 2.24) is 4.98 Å². The minimum Gasteiger partial charge on any atom is -0.369 e. The second-order valence-electron chi connectivity index (χ2n) is 4.40. The second-order valence-corrected chi connectivity index (χ2v) is 6.17. The SMILES string of the molecule is CCCNc1ncccc1C(=O)Nc1ccc(Br)cc1Br. The Labute approximate surface area is 140 Å². The molecule has 1 heterocycles. The van der Waals surface area contributed by atoms with Crippen LogP contribution in [0.15, 0.2) is 45.5 Å². The Kier molecular flexibility index (Phi) is 5.76. The van der Waals surface area contributed by atoms with Crippen LogP contribution in [0, 0.1) is 0 Å². The number of anilines is 2. The van der Waals surface area contributed by atoms with Crippen molar-refractivity contribution in [3.05, 3.63) is 51.0 Å². The summed E-state index contributed by atoms with van der Waals surface area (Å²) >= 11 is 6.82. The predicted octanol–water partition coefficient (Wildman–Crippen LogP) is 4.68. The van der Waals surface area contributed by atoms with Gasteiger partial charge in [0, 0.05) is 21.7 Å². The highest BCUT2D eigenvalue weighted by Gasteiger charge is 2.13. The molecule has 0 aliphatic carbocycles. The van der Waals surface area contributed by atoms with E-state index in [0.29, 0.717) is 17.1 Å². The molecule has 0 radical (unpaired) electrons. The van der Waals surface area contributed by atoms with Crippen LogP contribution < -0.4 is 10.6 Å². The van der Waals surface area contributed by atoms with Crippen LogP contribution in [0.25, 0.3) is 0 Å². The van der Waals surface area contributed by atoms with Gasteiger partial charge < -0.3 is 10.6 Å². The lowest BCUT2D eigenvalue weighted by atomic mass is 10.2. The third-order valence-electron chi connectivity index (χ3n) is 2.77. The first-order valence-electron chi connectivity index (χ1n) is 6.57. The summed E-state index contributed by atoms with van der Waals surface area (Å²) in [7, 11) is 0. The third kappa shape index (κ3) is 4.28. The van der Waals surface area contributed by atoms with Crippen LogP contribution in [-0.4, -0.2) is 17.4 Å². The zero-order chi connectivity index (χ0) is 15.2. The van der Waals surface area contributed by atoms with E-state index in [1.807, 2.05) is 18.2 Å².